The molecule has 2 aromatic carbocycles. The van der Waals surface area contributed by atoms with Crippen molar-refractivity contribution >= 4 is 59.9 Å². The number of nitrogens with zero attached hydrogens (tertiary/aromatic N) is 4. The Labute approximate surface area is 435 Å². The molecule has 2 saturated heterocycles. The number of likely N-dealkylation sites (tertiary alicyclic amines) is 2. The average Bonchev–Trinajstić information content (AvgIpc) is 4.18. The van der Waals surface area contributed by atoms with Crippen LogP contribution in [0.25, 0.3) is 28.5 Å². The Morgan fingerprint density at radius 3 is 1.55 bits per heavy atom. The lowest BCUT2D eigenvalue weighted by atomic mass is 10.0. The quantitative estimate of drug-likeness (QED) is 0.0327. The van der Waals surface area contributed by atoms with Gasteiger partial charge in [0.05, 0.1) is 19.8 Å². The molecule has 71 heavy (non-hydrogen) atoms. The van der Waals surface area contributed by atoms with Crippen molar-refractivity contribution in [2.24, 2.45) is 34.2 Å². The van der Waals surface area contributed by atoms with Gasteiger partial charge < -0.3 is 46.4 Å². The Balaban J connectivity index is -0.000000416. The highest BCUT2D eigenvalue weighted by Gasteiger charge is 2.49. The summed E-state index contributed by atoms with van der Waals surface area (Å²) in [6, 6.07) is 17.8. The Bertz CT molecular complexity index is 1980. The van der Waals surface area contributed by atoms with Gasteiger partial charge in [-0.3, -0.25) is 19.4 Å². The molecule has 2 aliphatic carbocycles. The summed E-state index contributed by atoms with van der Waals surface area (Å²) in [4.78, 5) is 56.4. The number of hydrogen-bond donors (Lipinski definition) is 5. The Morgan fingerprint density at radius 2 is 1.24 bits per heavy atom. The second-order valence-corrected chi connectivity index (χ2v) is 16.0. The van der Waals surface area contributed by atoms with Crippen molar-refractivity contribution in [2.45, 2.75) is 77.4 Å². The number of nitrogens with one attached hydrogen (secondary N) is 3. The summed E-state index contributed by atoms with van der Waals surface area (Å²) in [5.74, 6) is 2.96. The number of carbonyl (C=O) groups is 4. The van der Waals surface area contributed by atoms with E-state index in [9.17, 15) is 14.4 Å². The molecule has 4 amide bonds. The number of H-pyrrole nitrogens is 1. The summed E-state index contributed by atoms with van der Waals surface area (Å²) in [6.45, 7) is 26.3. The molecule has 5 atom stereocenters. The molecule has 3 aromatic rings. The number of halogens is 2. The molecule has 3 heterocycles. The van der Waals surface area contributed by atoms with Gasteiger partial charge in [-0.15, -0.1) is 65.2 Å². The van der Waals surface area contributed by atoms with Crippen LogP contribution in [0.5, 0.6) is 0 Å². The number of aromatic nitrogens is 2. The predicted molar refractivity (Wildman–Crippen MR) is 298 cm³/mol. The predicted octanol–water partition coefficient (Wildman–Crippen LogP) is 9.42. The molecular weight excluding hydrogens is 942 g/mol. The summed E-state index contributed by atoms with van der Waals surface area (Å²) < 4.78 is 8.14. The number of rotatable bonds is 10. The van der Waals surface area contributed by atoms with Crippen LogP contribution in [0.2, 0.25) is 5.15 Å². The number of primary amides is 2. The zero-order valence-corrected chi connectivity index (χ0v) is 44.8. The number of amides is 4. The van der Waals surface area contributed by atoms with Gasteiger partial charge in [0.15, 0.2) is 0 Å². The zero-order chi connectivity index (χ0) is 55.5. The third-order valence-electron chi connectivity index (χ3n) is 10.1. The maximum Gasteiger partial charge on any atom is 0.404 e. The summed E-state index contributed by atoms with van der Waals surface area (Å²) >= 11 is 12.1. The van der Waals surface area contributed by atoms with Crippen molar-refractivity contribution in [1.82, 2.24) is 30.4 Å². The number of carbonyl (C=O) groups excluding carboxylic acids is 4. The molecule has 0 spiro atoms. The number of methoxy groups -OCH3 is 2. The van der Waals surface area contributed by atoms with Crippen LogP contribution in [-0.4, -0.2) is 117 Å². The van der Waals surface area contributed by atoms with E-state index in [0.29, 0.717) is 52.6 Å². The number of hydrogen-bond acceptors (Lipinski definition) is 9. The maximum absolute atomic E-state index is 11.7. The van der Waals surface area contributed by atoms with Gasteiger partial charge in [0.25, 0.3) is 0 Å². The molecule has 17 heteroatoms. The van der Waals surface area contributed by atoms with Crippen molar-refractivity contribution in [3.63, 3.8) is 0 Å². The van der Waals surface area contributed by atoms with Gasteiger partial charge in [0.2, 0.25) is 18.2 Å². The van der Waals surface area contributed by atoms with Gasteiger partial charge in [-0.05, 0) is 80.2 Å². The largest absolute Gasteiger partial charge is 0.453 e. The van der Waals surface area contributed by atoms with E-state index >= 15 is 0 Å². The lowest BCUT2D eigenvalue weighted by molar-refractivity contribution is -0.132. The summed E-state index contributed by atoms with van der Waals surface area (Å²) in [6.07, 6.45) is 26.9. The summed E-state index contributed by atoms with van der Waals surface area (Å²) in [5, 5.41) is 7.02. The van der Waals surface area contributed by atoms with Crippen LogP contribution in [0, 0.1) is 43.4 Å². The molecular formula is C54H81Cl2N9O6. The fraction of sp³-hybridized carbons (Fsp3) is 0.407. The zero-order valence-electron chi connectivity index (χ0n) is 43.3. The fourth-order valence-electron chi connectivity index (χ4n) is 6.74. The SMILES string of the molecule is C#C.C#C.C=C.C=C.C=C.CC(C)CC(=O)N1CCC2CC21.CN=CN/C(Cl)=C/c1ccc(-c2ccc(-c3nc[nH]c3Cl)cc2)cc1.CNC(C)CC(=O)N1CCC2CC21.COC.COC(N)=O.NC=O. The number of fused-ring (bicyclic) bond motifs is 2. The van der Waals surface area contributed by atoms with E-state index < -0.39 is 6.09 Å². The van der Waals surface area contributed by atoms with Crippen LogP contribution in [0.1, 0.15) is 64.9 Å². The van der Waals surface area contributed by atoms with Crippen molar-refractivity contribution in [1.29, 1.82) is 0 Å². The molecule has 1 aromatic heterocycles. The van der Waals surface area contributed by atoms with Gasteiger partial charge in [-0.1, -0.05) is 85.6 Å². The second-order valence-electron chi connectivity index (χ2n) is 15.2. The third-order valence-corrected chi connectivity index (χ3v) is 10.6. The molecule has 392 valence electrons. The first-order valence-corrected chi connectivity index (χ1v) is 23.2. The molecule has 15 nitrogen and oxygen atoms in total. The molecule has 4 fully saturated rings. The number of nitrogens with two attached hydrogens (primary N) is 2. The monoisotopic (exact) mass is 1020 g/mol. The molecule has 7 N–H and O–H groups in total. The Kier molecular flexibility index (Phi) is 44.5. The normalized spacial score (nSPS) is 16.8. The van der Waals surface area contributed by atoms with E-state index in [1.165, 1.54) is 32.8 Å². The van der Waals surface area contributed by atoms with Crippen LogP contribution in [-0.2, 0) is 23.9 Å². The van der Waals surface area contributed by atoms with Gasteiger partial charge in [-0.2, -0.15) is 0 Å². The van der Waals surface area contributed by atoms with Crippen molar-refractivity contribution in [2.75, 3.05) is 48.5 Å². The van der Waals surface area contributed by atoms with Gasteiger partial charge >= 0.3 is 6.09 Å². The van der Waals surface area contributed by atoms with E-state index in [-0.39, 0.29) is 6.41 Å². The number of aromatic amines is 1. The first kappa shape index (κ1) is 70.9. The highest BCUT2D eigenvalue weighted by Crippen LogP contribution is 2.45. The number of piperidine rings is 2. The van der Waals surface area contributed by atoms with E-state index in [2.05, 4.69) is 167 Å². The highest BCUT2D eigenvalue weighted by molar-refractivity contribution is 6.32. The number of benzene rings is 2. The topological polar surface area (TPSA) is 210 Å². The standard InChI is InChI=1S/C19H16Cl2N4.C10H18N2O.C10H17NO.C2H5NO2.C2H6O.3C2H4.2C2H2.CH3NO/c1-22-11-23-17(20)10-13-2-4-14(5-3-13)15-6-8-16(9-7-15)18-19(21)25-12-24-18;1-7(11-2)5-10(13)12-4-3-8-6-9(8)12;1-7(2)5-10(12)11-4-3-8-6-9(8)11;1-5-2(3)4;1-3-2;5*1-2;2-1-3/h2-12H,1H3,(H,22,23)(H,24,25);7-9,11H,3-6H2,1-2H3;7-9H,3-6H2,1-2H3;1H3,(H2,3,4);1-2H3;3*1-2H2;2*1-2H;1H,(H2,2,3)/b17-10+;;;;;;;;;;. The maximum atomic E-state index is 11.7. The number of terminal acetylenes is 2. The van der Waals surface area contributed by atoms with Crippen LogP contribution in [0.15, 0.2) is 104 Å². The minimum Gasteiger partial charge on any atom is -0.453 e. The second kappa shape index (κ2) is 44.6. The molecule has 7 rings (SSSR count). The molecule has 4 aliphatic rings. The summed E-state index contributed by atoms with van der Waals surface area (Å²) in [7, 11) is 8.06. The molecule has 2 saturated carbocycles. The van der Waals surface area contributed by atoms with E-state index in [4.69, 9.17) is 28.0 Å². The van der Waals surface area contributed by atoms with Gasteiger partial charge in [0, 0.05) is 70.9 Å². The third kappa shape index (κ3) is 29.9. The molecule has 2 aliphatic heterocycles. The molecule has 0 bridgehead atoms. The first-order chi connectivity index (χ1) is 34.2. The lowest BCUT2D eigenvalue weighted by Crippen LogP contribution is -2.35. The smallest absolute Gasteiger partial charge is 0.404 e. The van der Waals surface area contributed by atoms with Crippen LogP contribution < -0.4 is 22.1 Å². The average molecular weight is 1020 g/mol. The van der Waals surface area contributed by atoms with Gasteiger partial charge in [-0.25, -0.2) is 9.78 Å². The lowest BCUT2D eigenvalue weighted by Gasteiger charge is -2.20. The summed E-state index contributed by atoms with van der Waals surface area (Å²) in [5.41, 5.74) is 13.6. The minimum absolute atomic E-state index is 0.250. The number of ether oxygens (including phenoxy) is 2. The van der Waals surface area contributed by atoms with Crippen molar-refractivity contribution in [3.8, 4) is 48.1 Å². The van der Waals surface area contributed by atoms with Gasteiger partial charge in [0.1, 0.15) is 16.0 Å². The highest BCUT2D eigenvalue weighted by atomic mass is 35.5. The van der Waals surface area contributed by atoms with Crippen LogP contribution in [0.4, 0.5) is 4.79 Å². The Morgan fingerprint density at radius 1 is 0.845 bits per heavy atom. The van der Waals surface area contributed by atoms with E-state index in [0.717, 1.165) is 59.3 Å². The molecule has 0 radical (unpaired) electrons. The van der Waals surface area contributed by atoms with Crippen molar-refractivity contribution in [3.05, 3.63) is 110 Å². The molecule has 5 unspecified atom stereocenters. The number of aliphatic imine (C=N–C) groups is 1. The minimum atomic E-state index is -0.745. The van der Waals surface area contributed by atoms with E-state index in [1.54, 1.807) is 33.9 Å². The van der Waals surface area contributed by atoms with E-state index in [1.807, 2.05) is 37.4 Å². The van der Waals surface area contributed by atoms with Crippen LogP contribution in [0.3, 0.4) is 0 Å². The number of imidazole rings is 1. The van der Waals surface area contributed by atoms with Crippen molar-refractivity contribution < 1.29 is 28.7 Å². The Hall–Kier alpha value is -6.62. The van der Waals surface area contributed by atoms with Crippen LogP contribution >= 0.6 is 23.2 Å². The fourth-order valence-corrected chi connectivity index (χ4v) is 7.12. The first-order valence-electron chi connectivity index (χ1n) is 22.4.